The van der Waals surface area contributed by atoms with Crippen LogP contribution in [0.5, 0.6) is 5.75 Å². The van der Waals surface area contributed by atoms with E-state index in [1.165, 1.54) is 6.33 Å². The molecule has 2 aromatic rings. The molecule has 0 spiro atoms. The van der Waals surface area contributed by atoms with Crippen LogP contribution in [0.4, 0.5) is 17.3 Å². The van der Waals surface area contributed by atoms with Gasteiger partial charge in [-0.25, -0.2) is 9.97 Å². The Morgan fingerprint density at radius 1 is 1.21 bits per heavy atom. The summed E-state index contributed by atoms with van der Waals surface area (Å²) < 4.78 is 5.14. The highest BCUT2D eigenvalue weighted by molar-refractivity contribution is 5.70. The third kappa shape index (κ3) is 4.65. The number of hydrogen-bond donors (Lipinski definition) is 2. The second-order valence-electron chi connectivity index (χ2n) is 6.41. The van der Waals surface area contributed by atoms with Crippen molar-refractivity contribution in [3.63, 3.8) is 0 Å². The molecule has 0 radical (unpaired) electrons. The standard InChI is InChI=1S/C18H24N6O4/c1-28-15-4-2-14(3-5-15)12-19-17-16(24(26)27)18(21-13-20-17)23-8-6-22(7-9-23)10-11-25/h2-5,13,25H,6-12H2,1H3,(H,19,20,21). The van der Waals surface area contributed by atoms with Gasteiger partial charge in [-0.05, 0) is 17.7 Å². The predicted octanol–water partition coefficient (Wildman–Crippen LogP) is 1.12. The van der Waals surface area contributed by atoms with Crippen molar-refractivity contribution in [3.8, 4) is 5.75 Å². The number of piperazine rings is 1. The minimum Gasteiger partial charge on any atom is -0.497 e. The highest BCUT2D eigenvalue weighted by Gasteiger charge is 2.29. The van der Waals surface area contributed by atoms with Crippen molar-refractivity contribution in [2.45, 2.75) is 6.54 Å². The molecular formula is C18H24N6O4. The summed E-state index contributed by atoms with van der Waals surface area (Å²) in [5, 5.41) is 23.9. The molecule has 1 aromatic heterocycles. The fourth-order valence-electron chi connectivity index (χ4n) is 3.15. The van der Waals surface area contributed by atoms with E-state index in [9.17, 15) is 10.1 Å². The molecule has 2 heterocycles. The number of hydrogen-bond acceptors (Lipinski definition) is 9. The molecule has 0 atom stereocenters. The smallest absolute Gasteiger partial charge is 0.353 e. The van der Waals surface area contributed by atoms with Crippen LogP contribution in [0.3, 0.4) is 0 Å². The Balaban J connectivity index is 1.75. The van der Waals surface area contributed by atoms with Crippen LogP contribution >= 0.6 is 0 Å². The topological polar surface area (TPSA) is 117 Å². The molecule has 0 bridgehead atoms. The first-order valence-electron chi connectivity index (χ1n) is 9.06. The molecule has 1 aromatic carbocycles. The lowest BCUT2D eigenvalue weighted by atomic mass is 10.2. The number of methoxy groups -OCH3 is 1. The van der Waals surface area contributed by atoms with Crippen molar-refractivity contribution >= 4 is 17.3 Å². The van der Waals surface area contributed by atoms with Crippen molar-refractivity contribution < 1.29 is 14.8 Å². The number of aliphatic hydroxyl groups excluding tert-OH is 1. The molecule has 0 amide bonds. The molecule has 2 N–H and O–H groups in total. The van der Waals surface area contributed by atoms with Gasteiger partial charge in [0.25, 0.3) is 0 Å². The van der Waals surface area contributed by atoms with E-state index in [0.717, 1.165) is 24.4 Å². The minimum atomic E-state index is -0.439. The number of nitro groups is 1. The van der Waals surface area contributed by atoms with Crippen LogP contribution in [-0.4, -0.2) is 71.3 Å². The molecule has 1 aliphatic rings. The lowest BCUT2D eigenvalue weighted by Gasteiger charge is -2.34. The van der Waals surface area contributed by atoms with Gasteiger partial charge in [-0.2, -0.15) is 0 Å². The van der Waals surface area contributed by atoms with Crippen molar-refractivity contribution in [1.82, 2.24) is 14.9 Å². The number of nitrogens with zero attached hydrogens (tertiary/aromatic N) is 5. The Kier molecular flexibility index (Phi) is 6.56. The Labute approximate surface area is 162 Å². The number of ether oxygens (including phenoxy) is 1. The third-order valence-corrected chi connectivity index (χ3v) is 4.69. The molecule has 10 heteroatoms. The van der Waals surface area contributed by atoms with Crippen LogP contribution in [-0.2, 0) is 6.54 Å². The van der Waals surface area contributed by atoms with E-state index in [1.54, 1.807) is 7.11 Å². The lowest BCUT2D eigenvalue weighted by Crippen LogP contribution is -2.47. The Hall–Kier alpha value is -2.98. The number of aromatic nitrogens is 2. The average Bonchev–Trinajstić information content (AvgIpc) is 2.73. The van der Waals surface area contributed by atoms with E-state index < -0.39 is 4.92 Å². The van der Waals surface area contributed by atoms with Crippen LogP contribution in [0, 0.1) is 10.1 Å². The predicted molar refractivity (Wildman–Crippen MR) is 105 cm³/mol. The van der Waals surface area contributed by atoms with E-state index >= 15 is 0 Å². The van der Waals surface area contributed by atoms with Gasteiger partial charge in [0.15, 0.2) is 0 Å². The number of aliphatic hydroxyl groups is 1. The SMILES string of the molecule is COc1ccc(CNc2ncnc(N3CCN(CCO)CC3)c2[N+](=O)[O-])cc1. The summed E-state index contributed by atoms with van der Waals surface area (Å²) in [6, 6.07) is 7.45. The monoisotopic (exact) mass is 388 g/mol. The van der Waals surface area contributed by atoms with Gasteiger partial charge < -0.3 is 20.1 Å². The Bertz CT molecular complexity index is 793. The van der Waals surface area contributed by atoms with E-state index in [4.69, 9.17) is 9.84 Å². The third-order valence-electron chi connectivity index (χ3n) is 4.69. The Morgan fingerprint density at radius 3 is 2.54 bits per heavy atom. The van der Waals surface area contributed by atoms with Crippen molar-refractivity contribution in [3.05, 3.63) is 46.3 Å². The van der Waals surface area contributed by atoms with Crippen LogP contribution in [0.1, 0.15) is 5.56 Å². The zero-order chi connectivity index (χ0) is 19.9. The average molecular weight is 388 g/mol. The first kappa shape index (κ1) is 19.8. The van der Waals surface area contributed by atoms with Crippen molar-refractivity contribution in [2.75, 3.05) is 56.7 Å². The largest absolute Gasteiger partial charge is 0.497 e. The summed E-state index contributed by atoms with van der Waals surface area (Å²) in [5.74, 6) is 1.27. The molecule has 28 heavy (non-hydrogen) atoms. The summed E-state index contributed by atoms with van der Waals surface area (Å²) in [6.07, 6.45) is 1.35. The van der Waals surface area contributed by atoms with Gasteiger partial charge in [-0.3, -0.25) is 15.0 Å². The van der Waals surface area contributed by atoms with E-state index in [0.29, 0.717) is 32.0 Å². The second-order valence-corrected chi connectivity index (χ2v) is 6.41. The first-order chi connectivity index (χ1) is 13.6. The van der Waals surface area contributed by atoms with E-state index in [2.05, 4.69) is 20.2 Å². The molecule has 1 aliphatic heterocycles. The minimum absolute atomic E-state index is 0.104. The van der Waals surface area contributed by atoms with E-state index in [1.807, 2.05) is 29.2 Å². The quantitative estimate of drug-likeness (QED) is 0.507. The van der Waals surface area contributed by atoms with Crippen LogP contribution < -0.4 is 15.0 Å². The summed E-state index contributed by atoms with van der Waals surface area (Å²) in [5.41, 5.74) is 0.833. The fourth-order valence-corrected chi connectivity index (χ4v) is 3.15. The van der Waals surface area contributed by atoms with Crippen LogP contribution in [0.2, 0.25) is 0 Å². The maximum absolute atomic E-state index is 11.7. The van der Waals surface area contributed by atoms with Gasteiger partial charge in [-0.1, -0.05) is 12.1 Å². The van der Waals surface area contributed by atoms with Gasteiger partial charge >= 0.3 is 5.69 Å². The second kappa shape index (κ2) is 9.29. The van der Waals surface area contributed by atoms with Crippen molar-refractivity contribution in [2.24, 2.45) is 0 Å². The van der Waals surface area contributed by atoms with Crippen LogP contribution in [0.25, 0.3) is 0 Å². The van der Waals surface area contributed by atoms with Crippen molar-refractivity contribution in [1.29, 1.82) is 0 Å². The number of anilines is 2. The zero-order valence-corrected chi connectivity index (χ0v) is 15.7. The summed E-state index contributed by atoms with van der Waals surface area (Å²) in [6.45, 7) is 3.76. The molecule has 10 nitrogen and oxygen atoms in total. The number of β-amino-alcohol motifs (C(OH)–C–C–N with tert-alkyl or cyclic N) is 1. The molecule has 1 fully saturated rings. The van der Waals surface area contributed by atoms with Gasteiger partial charge in [0, 0.05) is 39.3 Å². The summed E-state index contributed by atoms with van der Waals surface area (Å²) in [7, 11) is 1.60. The van der Waals surface area contributed by atoms with Gasteiger partial charge in [-0.15, -0.1) is 0 Å². The number of nitrogens with one attached hydrogen (secondary N) is 1. The van der Waals surface area contributed by atoms with Gasteiger partial charge in [0.05, 0.1) is 18.6 Å². The first-order valence-corrected chi connectivity index (χ1v) is 9.06. The molecule has 0 aliphatic carbocycles. The van der Waals surface area contributed by atoms with Crippen LogP contribution in [0.15, 0.2) is 30.6 Å². The number of rotatable bonds is 8. The van der Waals surface area contributed by atoms with Gasteiger partial charge in [0.1, 0.15) is 12.1 Å². The zero-order valence-electron chi connectivity index (χ0n) is 15.7. The van der Waals surface area contributed by atoms with Gasteiger partial charge in [0.2, 0.25) is 11.6 Å². The summed E-state index contributed by atoms with van der Waals surface area (Å²) in [4.78, 5) is 23.6. The normalized spacial score (nSPS) is 14.7. The maximum atomic E-state index is 11.7. The molecular weight excluding hydrogens is 364 g/mol. The lowest BCUT2D eigenvalue weighted by molar-refractivity contribution is -0.383. The highest BCUT2D eigenvalue weighted by Crippen LogP contribution is 2.32. The highest BCUT2D eigenvalue weighted by atomic mass is 16.6. The Morgan fingerprint density at radius 2 is 1.93 bits per heavy atom. The molecule has 3 rings (SSSR count). The molecule has 1 saturated heterocycles. The fraction of sp³-hybridized carbons (Fsp3) is 0.444. The molecule has 150 valence electrons. The molecule has 0 unspecified atom stereocenters. The molecule has 0 saturated carbocycles. The number of benzene rings is 1. The summed E-state index contributed by atoms with van der Waals surface area (Å²) >= 11 is 0. The van der Waals surface area contributed by atoms with E-state index in [-0.39, 0.29) is 18.1 Å². The maximum Gasteiger partial charge on any atom is 0.353 e.